The summed E-state index contributed by atoms with van der Waals surface area (Å²) in [6.45, 7) is 11.2. The Hall–Kier alpha value is -0.420. The van der Waals surface area contributed by atoms with Crippen molar-refractivity contribution in [2.75, 3.05) is 66.1 Å². The first-order valence-corrected chi connectivity index (χ1v) is 11.1. The third-order valence-electron chi connectivity index (χ3n) is 5.43. The Morgan fingerprint density at radius 1 is 1.14 bits per heavy atom. The van der Waals surface area contributed by atoms with Crippen molar-refractivity contribution in [3.05, 3.63) is 21.9 Å². The van der Waals surface area contributed by atoms with Gasteiger partial charge in [0.25, 0.3) is 0 Å². The van der Waals surface area contributed by atoms with Gasteiger partial charge in [-0.1, -0.05) is 6.42 Å². The van der Waals surface area contributed by atoms with Gasteiger partial charge in [-0.15, -0.1) is 35.3 Å². The van der Waals surface area contributed by atoms with E-state index in [2.05, 4.69) is 44.5 Å². The van der Waals surface area contributed by atoms with Crippen LogP contribution in [0.4, 0.5) is 0 Å². The molecule has 2 fully saturated rings. The van der Waals surface area contributed by atoms with Crippen LogP contribution in [0.25, 0.3) is 0 Å². The fourth-order valence-electron chi connectivity index (χ4n) is 3.86. The van der Waals surface area contributed by atoms with Gasteiger partial charge in [0, 0.05) is 49.5 Å². The van der Waals surface area contributed by atoms with Crippen molar-refractivity contribution in [1.82, 2.24) is 20.4 Å². The largest absolute Gasteiger partial charge is 0.379 e. The van der Waals surface area contributed by atoms with Gasteiger partial charge in [-0.25, -0.2) is 0 Å². The Balaban J connectivity index is 0.00000280. The second-order valence-electron chi connectivity index (χ2n) is 7.39. The van der Waals surface area contributed by atoms with E-state index in [0.29, 0.717) is 6.04 Å². The molecule has 0 aromatic carbocycles. The van der Waals surface area contributed by atoms with Crippen molar-refractivity contribution >= 4 is 41.3 Å². The van der Waals surface area contributed by atoms with Crippen LogP contribution in [0.3, 0.4) is 0 Å². The lowest BCUT2D eigenvalue weighted by Crippen LogP contribution is -2.47. The minimum atomic E-state index is 0. The summed E-state index contributed by atoms with van der Waals surface area (Å²) in [5.74, 6) is 0.901. The standard InChI is InChI=1S/C20H35N5OS.HI/c1-17-6-7-19(27-17)18(25-12-14-26-15-13-25)16-23-20(21-2)22-8-11-24-9-4-3-5-10-24;/h6-7,18H,3-5,8-16H2,1-2H3,(H2,21,22,23);1H. The van der Waals surface area contributed by atoms with Gasteiger partial charge in [0.15, 0.2) is 5.96 Å². The third kappa shape index (κ3) is 7.44. The van der Waals surface area contributed by atoms with Gasteiger partial charge in [0.1, 0.15) is 0 Å². The zero-order chi connectivity index (χ0) is 18.9. The molecule has 0 spiro atoms. The molecule has 3 heterocycles. The molecule has 2 saturated heterocycles. The number of halogens is 1. The highest BCUT2D eigenvalue weighted by Crippen LogP contribution is 2.27. The molecule has 0 bridgehead atoms. The number of ether oxygens (including phenoxy) is 1. The molecule has 1 unspecified atom stereocenters. The smallest absolute Gasteiger partial charge is 0.191 e. The summed E-state index contributed by atoms with van der Waals surface area (Å²) in [4.78, 5) is 12.3. The number of nitrogens with one attached hydrogen (secondary N) is 2. The SMILES string of the molecule is CN=C(NCCN1CCCCC1)NCC(c1ccc(C)s1)N1CCOCC1.I. The predicted molar refractivity (Wildman–Crippen MR) is 129 cm³/mol. The van der Waals surface area contributed by atoms with Crippen LogP contribution in [0.5, 0.6) is 0 Å². The number of guanidine groups is 1. The van der Waals surface area contributed by atoms with Gasteiger partial charge >= 0.3 is 0 Å². The summed E-state index contributed by atoms with van der Waals surface area (Å²) < 4.78 is 5.55. The zero-order valence-corrected chi connectivity index (χ0v) is 20.4. The van der Waals surface area contributed by atoms with Crippen molar-refractivity contribution in [2.24, 2.45) is 4.99 Å². The van der Waals surface area contributed by atoms with Gasteiger partial charge in [0.2, 0.25) is 0 Å². The molecule has 0 radical (unpaired) electrons. The summed E-state index contributed by atoms with van der Waals surface area (Å²) in [6.07, 6.45) is 4.07. The van der Waals surface area contributed by atoms with Crippen LogP contribution < -0.4 is 10.6 Å². The molecule has 2 aliphatic heterocycles. The average Bonchev–Trinajstić information content (AvgIpc) is 3.14. The molecule has 28 heavy (non-hydrogen) atoms. The van der Waals surface area contributed by atoms with Crippen LogP contribution >= 0.6 is 35.3 Å². The van der Waals surface area contributed by atoms with E-state index in [-0.39, 0.29) is 24.0 Å². The molecule has 2 aliphatic rings. The molecule has 1 aromatic rings. The third-order valence-corrected chi connectivity index (χ3v) is 6.53. The number of likely N-dealkylation sites (tertiary alicyclic amines) is 1. The Morgan fingerprint density at radius 3 is 2.54 bits per heavy atom. The summed E-state index contributed by atoms with van der Waals surface area (Å²) in [6, 6.07) is 4.86. The molecular weight excluding hydrogens is 485 g/mol. The van der Waals surface area contributed by atoms with E-state index in [1.54, 1.807) is 0 Å². The number of hydrogen-bond acceptors (Lipinski definition) is 5. The number of hydrogen-bond donors (Lipinski definition) is 2. The van der Waals surface area contributed by atoms with E-state index in [9.17, 15) is 0 Å². The molecule has 0 saturated carbocycles. The Bertz CT molecular complexity index is 585. The maximum atomic E-state index is 5.55. The Morgan fingerprint density at radius 2 is 1.89 bits per heavy atom. The minimum absolute atomic E-state index is 0. The van der Waals surface area contributed by atoms with E-state index in [1.807, 2.05) is 18.4 Å². The van der Waals surface area contributed by atoms with Gasteiger partial charge in [-0.05, 0) is 45.0 Å². The Labute approximate surface area is 191 Å². The maximum Gasteiger partial charge on any atom is 0.191 e. The van der Waals surface area contributed by atoms with E-state index < -0.39 is 0 Å². The first kappa shape index (κ1) is 23.9. The number of piperidine rings is 1. The number of aryl methyl sites for hydroxylation is 1. The van der Waals surface area contributed by atoms with Gasteiger partial charge in [0.05, 0.1) is 19.3 Å². The molecule has 2 N–H and O–H groups in total. The summed E-state index contributed by atoms with van der Waals surface area (Å²) in [5.41, 5.74) is 0. The molecule has 3 rings (SSSR count). The fourth-order valence-corrected chi connectivity index (χ4v) is 4.87. The minimum Gasteiger partial charge on any atom is -0.379 e. The number of morpholine rings is 1. The summed E-state index contributed by atoms with van der Waals surface area (Å²) in [7, 11) is 1.86. The first-order valence-electron chi connectivity index (χ1n) is 10.3. The average molecular weight is 522 g/mol. The van der Waals surface area contributed by atoms with Crippen LogP contribution in [0, 0.1) is 6.92 Å². The molecule has 0 aliphatic carbocycles. The highest BCUT2D eigenvalue weighted by Gasteiger charge is 2.24. The second kappa shape index (κ2) is 13.0. The molecule has 6 nitrogen and oxygen atoms in total. The van der Waals surface area contributed by atoms with Gasteiger partial charge in [-0.2, -0.15) is 0 Å². The lowest BCUT2D eigenvalue weighted by Gasteiger charge is -2.34. The molecule has 160 valence electrons. The number of thiophene rings is 1. The van der Waals surface area contributed by atoms with Crippen molar-refractivity contribution in [3.8, 4) is 0 Å². The Kier molecular flexibility index (Phi) is 11.1. The molecule has 0 amide bonds. The normalized spacial score (nSPS) is 20.4. The van der Waals surface area contributed by atoms with Crippen LogP contribution in [0.15, 0.2) is 17.1 Å². The number of aliphatic imine (C=N–C) groups is 1. The summed E-state index contributed by atoms with van der Waals surface area (Å²) >= 11 is 1.90. The molecule has 1 aromatic heterocycles. The maximum absolute atomic E-state index is 5.55. The molecule has 8 heteroatoms. The highest BCUT2D eigenvalue weighted by molar-refractivity contribution is 14.0. The van der Waals surface area contributed by atoms with Gasteiger partial charge in [-0.3, -0.25) is 9.89 Å². The quantitative estimate of drug-likeness (QED) is 0.329. The van der Waals surface area contributed by atoms with E-state index in [4.69, 9.17) is 4.74 Å². The van der Waals surface area contributed by atoms with Crippen molar-refractivity contribution in [3.63, 3.8) is 0 Å². The van der Waals surface area contributed by atoms with Crippen molar-refractivity contribution in [2.45, 2.75) is 32.2 Å². The van der Waals surface area contributed by atoms with Crippen LogP contribution in [-0.4, -0.2) is 81.8 Å². The van der Waals surface area contributed by atoms with Crippen LogP contribution in [-0.2, 0) is 4.74 Å². The lowest BCUT2D eigenvalue weighted by atomic mass is 10.1. The molecular formula is C20H36IN5OS. The van der Waals surface area contributed by atoms with E-state index in [1.165, 1.54) is 42.1 Å². The van der Waals surface area contributed by atoms with Crippen LogP contribution in [0.1, 0.15) is 35.1 Å². The van der Waals surface area contributed by atoms with Crippen molar-refractivity contribution in [1.29, 1.82) is 0 Å². The number of rotatable bonds is 7. The van der Waals surface area contributed by atoms with Crippen LogP contribution in [0.2, 0.25) is 0 Å². The topological polar surface area (TPSA) is 52.1 Å². The monoisotopic (exact) mass is 521 g/mol. The van der Waals surface area contributed by atoms with Gasteiger partial charge < -0.3 is 20.3 Å². The van der Waals surface area contributed by atoms with E-state index in [0.717, 1.165) is 51.9 Å². The highest BCUT2D eigenvalue weighted by atomic mass is 127. The predicted octanol–water partition coefficient (Wildman–Crippen LogP) is 2.70. The fraction of sp³-hybridized carbons (Fsp3) is 0.750. The molecule has 1 atom stereocenters. The second-order valence-corrected chi connectivity index (χ2v) is 8.71. The zero-order valence-electron chi connectivity index (χ0n) is 17.3. The summed E-state index contributed by atoms with van der Waals surface area (Å²) in [5, 5.41) is 7.05. The van der Waals surface area contributed by atoms with E-state index >= 15 is 0 Å². The number of nitrogens with zero attached hydrogens (tertiary/aromatic N) is 3. The first-order chi connectivity index (χ1) is 13.3. The van der Waals surface area contributed by atoms with Crippen molar-refractivity contribution < 1.29 is 4.74 Å². The lowest BCUT2D eigenvalue weighted by molar-refractivity contribution is 0.0177.